The van der Waals surface area contributed by atoms with E-state index in [1.807, 2.05) is 9.80 Å². The van der Waals surface area contributed by atoms with Crippen LogP contribution in [0.2, 0.25) is 0 Å². The first-order chi connectivity index (χ1) is 12.8. The summed E-state index contributed by atoms with van der Waals surface area (Å²) in [4.78, 5) is 31.1. The fraction of sp³-hybridized carbons (Fsp3) is 0.900. The monoisotopic (exact) mass is 378 g/mol. The van der Waals surface area contributed by atoms with Crippen molar-refractivity contribution in [2.24, 2.45) is 23.0 Å². The van der Waals surface area contributed by atoms with E-state index in [4.69, 9.17) is 5.73 Å². The molecule has 6 atom stereocenters. The van der Waals surface area contributed by atoms with Gasteiger partial charge in [0.2, 0.25) is 11.8 Å². The highest BCUT2D eigenvalue weighted by molar-refractivity contribution is 5.80. The lowest BCUT2D eigenvalue weighted by molar-refractivity contribution is -0.142. The summed E-state index contributed by atoms with van der Waals surface area (Å²) in [5.74, 6) is -0.0250. The summed E-state index contributed by atoms with van der Waals surface area (Å²) in [7, 11) is 2.16. The fourth-order valence-corrected chi connectivity index (χ4v) is 6.48. The molecule has 2 amide bonds. The van der Waals surface area contributed by atoms with Gasteiger partial charge in [-0.2, -0.15) is 0 Å². The average Bonchev–Trinajstić information content (AvgIpc) is 2.91. The van der Waals surface area contributed by atoms with Crippen molar-refractivity contribution >= 4 is 11.8 Å². The Bertz CT molecular complexity index is 612. The SMILES string of the molecule is CN1[C@@H]2CN(C(=O)C3CCCN(CC(N)=O)C3)C[C@@H]3CC[C@H]1[C@](C)(C2)[C@@H]3O. The van der Waals surface area contributed by atoms with Crippen molar-refractivity contribution in [3.05, 3.63) is 0 Å². The molecule has 3 bridgehead atoms. The molecule has 3 aliphatic heterocycles. The zero-order valence-electron chi connectivity index (χ0n) is 16.6. The van der Waals surface area contributed by atoms with Crippen LogP contribution in [0, 0.1) is 17.3 Å². The number of amides is 2. The van der Waals surface area contributed by atoms with Crippen LogP contribution in [0.25, 0.3) is 0 Å². The van der Waals surface area contributed by atoms with Crippen molar-refractivity contribution in [3.63, 3.8) is 0 Å². The number of primary amides is 1. The lowest BCUT2D eigenvalue weighted by Crippen LogP contribution is -2.55. The summed E-state index contributed by atoms with van der Waals surface area (Å²) in [5, 5.41) is 11.1. The quantitative estimate of drug-likeness (QED) is 0.714. The number of likely N-dealkylation sites (tertiary alicyclic amines) is 3. The van der Waals surface area contributed by atoms with Gasteiger partial charge in [-0.25, -0.2) is 0 Å². The zero-order chi connectivity index (χ0) is 19.3. The minimum atomic E-state index is -0.336. The van der Waals surface area contributed by atoms with Gasteiger partial charge in [-0.05, 0) is 45.7 Å². The zero-order valence-corrected chi connectivity index (χ0v) is 16.6. The van der Waals surface area contributed by atoms with Gasteiger partial charge in [0.25, 0.3) is 0 Å². The molecule has 3 saturated heterocycles. The molecule has 3 heterocycles. The predicted octanol–water partition coefficient (Wildman–Crippen LogP) is -0.124. The molecule has 1 aliphatic carbocycles. The molecule has 152 valence electrons. The number of rotatable bonds is 3. The summed E-state index contributed by atoms with van der Waals surface area (Å²) >= 11 is 0. The minimum Gasteiger partial charge on any atom is -0.392 e. The van der Waals surface area contributed by atoms with Gasteiger partial charge in [0.1, 0.15) is 0 Å². The highest BCUT2D eigenvalue weighted by Crippen LogP contribution is 2.52. The molecular formula is C20H34N4O3. The summed E-state index contributed by atoms with van der Waals surface area (Å²) in [6.07, 6.45) is 4.53. The second kappa shape index (κ2) is 7.01. The van der Waals surface area contributed by atoms with Crippen molar-refractivity contribution in [2.45, 2.75) is 57.2 Å². The third-order valence-corrected chi connectivity index (χ3v) is 7.87. The van der Waals surface area contributed by atoms with Gasteiger partial charge in [-0.1, -0.05) is 6.92 Å². The van der Waals surface area contributed by atoms with Crippen molar-refractivity contribution < 1.29 is 14.7 Å². The maximum atomic E-state index is 13.4. The Hall–Kier alpha value is -1.18. The maximum absolute atomic E-state index is 13.4. The van der Waals surface area contributed by atoms with Gasteiger partial charge in [0.15, 0.2) is 0 Å². The number of piperidine rings is 1. The Labute approximate surface area is 161 Å². The Morgan fingerprint density at radius 1 is 1.19 bits per heavy atom. The van der Waals surface area contributed by atoms with E-state index >= 15 is 0 Å². The average molecular weight is 379 g/mol. The normalized spacial score (nSPS) is 42.8. The fourth-order valence-electron chi connectivity index (χ4n) is 6.48. The Morgan fingerprint density at radius 3 is 2.70 bits per heavy atom. The lowest BCUT2D eigenvalue weighted by atomic mass is 9.64. The largest absolute Gasteiger partial charge is 0.392 e. The third-order valence-electron chi connectivity index (χ3n) is 7.87. The van der Waals surface area contributed by atoms with E-state index in [-0.39, 0.29) is 41.7 Å². The Balaban J connectivity index is 1.50. The van der Waals surface area contributed by atoms with E-state index in [9.17, 15) is 14.7 Å². The van der Waals surface area contributed by atoms with E-state index in [1.165, 1.54) is 0 Å². The maximum Gasteiger partial charge on any atom is 0.231 e. The smallest absolute Gasteiger partial charge is 0.231 e. The molecule has 0 aromatic rings. The summed E-state index contributed by atoms with van der Waals surface area (Å²) in [6.45, 7) is 5.35. The van der Waals surface area contributed by atoms with Crippen LogP contribution in [0.3, 0.4) is 0 Å². The van der Waals surface area contributed by atoms with Crippen LogP contribution in [0.1, 0.15) is 39.0 Å². The second-order valence-electron chi connectivity index (χ2n) is 9.61. The first-order valence-corrected chi connectivity index (χ1v) is 10.5. The van der Waals surface area contributed by atoms with E-state index in [2.05, 4.69) is 18.9 Å². The van der Waals surface area contributed by atoms with E-state index < -0.39 is 0 Å². The predicted molar refractivity (Wildman–Crippen MR) is 102 cm³/mol. The van der Waals surface area contributed by atoms with Crippen molar-refractivity contribution in [2.75, 3.05) is 39.8 Å². The molecule has 1 unspecified atom stereocenters. The molecule has 0 aromatic heterocycles. The molecule has 4 fully saturated rings. The number of hydrogen-bond acceptors (Lipinski definition) is 5. The standard InChI is InChI=1S/C20H34N4O3/c1-20-8-15-11-24(10-13(18(20)26)5-6-16(20)22(15)2)19(27)14-4-3-7-23(9-14)12-17(21)25/h13-16,18,26H,3-12H2,1-2H3,(H2,21,25)/t13-,14?,15-,16-,18+,20-/m0/s1. The van der Waals surface area contributed by atoms with Crippen molar-refractivity contribution in [1.29, 1.82) is 0 Å². The molecule has 27 heavy (non-hydrogen) atoms. The number of carbonyl (C=O) groups is 2. The van der Waals surface area contributed by atoms with E-state index in [1.54, 1.807) is 0 Å². The number of nitrogens with zero attached hydrogens (tertiary/aromatic N) is 3. The van der Waals surface area contributed by atoms with Crippen LogP contribution in [0.5, 0.6) is 0 Å². The molecule has 0 aromatic carbocycles. The van der Waals surface area contributed by atoms with Crippen LogP contribution < -0.4 is 5.73 Å². The number of carbonyl (C=O) groups excluding carboxylic acids is 2. The lowest BCUT2D eigenvalue weighted by Gasteiger charge is -2.47. The molecular weight excluding hydrogens is 344 g/mol. The molecule has 0 spiro atoms. The number of nitrogens with two attached hydrogens (primary N) is 1. The third kappa shape index (κ3) is 3.28. The molecule has 1 saturated carbocycles. The molecule has 7 heteroatoms. The number of aliphatic hydroxyl groups is 1. The van der Waals surface area contributed by atoms with E-state index in [0.29, 0.717) is 25.2 Å². The van der Waals surface area contributed by atoms with Crippen LogP contribution in [0.15, 0.2) is 0 Å². The highest BCUT2D eigenvalue weighted by atomic mass is 16.3. The molecule has 3 N–H and O–H groups in total. The van der Waals surface area contributed by atoms with Crippen molar-refractivity contribution in [3.8, 4) is 0 Å². The molecule has 4 rings (SSSR count). The number of hydrogen-bond donors (Lipinski definition) is 2. The van der Waals surface area contributed by atoms with Gasteiger partial charge in [-0.15, -0.1) is 0 Å². The van der Waals surface area contributed by atoms with Crippen LogP contribution in [0.4, 0.5) is 0 Å². The van der Waals surface area contributed by atoms with Crippen LogP contribution in [-0.2, 0) is 9.59 Å². The highest BCUT2D eigenvalue weighted by Gasteiger charge is 2.57. The van der Waals surface area contributed by atoms with Crippen LogP contribution in [-0.4, -0.2) is 89.6 Å². The van der Waals surface area contributed by atoms with E-state index in [0.717, 1.165) is 45.2 Å². The van der Waals surface area contributed by atoms with Gasteiger partial charge >= 0.3 is 0 Å². The van der Waals surface area contributed by atoms with Gasteiger partial charge in [0.05, 0.1) is 18.6 Å². The van der Waals surface area contributed by atoms with Gasteiger partial charge < -0.3 is 15.7 Å². The van der Waals surface area contributed by atoms with Crippen molar-refractivity contribution in [1.82, 2.24) is 14.7 Å². The summed E-state index contributed by atoms with van der Waals surface area (Å²) in [5.41, 5.74) is 5.30. The van der Waals surface area contributed by atoms with Gasteiger partial charge in [-0.3, -0.25) is 19.4 Å². The minimum absolute atomic E-state index is 0.0411. The number of likely N-dealkylation sites (N-methyl/N-ethyl adjacent to an activating group) is 1. The topological polar surface area (TPSA) is 90.1 Å². The molecule has 7 nitrogen and oxygen atoms in total. The summed E-state index contributed by atoms with van der Waals surface area (Å²) < 4.78 is 0. The molecule has 0 radical (unpaired) electrons. The second-order valence-corrected chi connectivity index (χ2v) is 9.61. The van der Waals surface area contributed by atoms with Gasteiger partial charge in [0, 0.05) is 43.1 Å². The first kappa shape index (κ1) is 19.2. The number of aliphatic hydroxyl groups excluding tert-OH is 1. The number of fused-ring (bicyclic) bond motifs is 2. The summed E-state index contributed by atoms with van der Waals surface area (Å²) in [6, 6.07) is 0.743. The van der Waals surface area contributed by atoms with Crippen LogP contribution >= 0.6 is 0 Å². The Kier molecular flexibility index (Phi) is 4.97. The molecule has 4 aliphatic rings. The Morgan fingerprint density at radius 2 is 1.96 bits per heavy atom. The first-order valence-electron chi connectivity index (χ1n) is 10.5.